The standard InChI is InChI=1S/C15H19NO3/c1-9-6-5-7-10(2)12(9)16-8-15(4,14(18)19)11(3)13(16)17/h5-7,11H,8H2,1-4H3,(H,18,19)/t11-,15+/m0/s1. The molecule has 1 heterocycles. The van der Waals surface area contributed by atoms with E-state index in [-0.39, 0.29) is 12.5 Å². The van der Waals surface area contributed by atoms with E-state index in [1.807, 2.05) is 32.0 Å². The van der Waals surface area contributed by atoms with E-state index in [1.54, 1.807) is 18.7 Å². The predicted molar refractivity (Wildman–Crippen MR) is 73.2 cm³/mol. The Hall–Kier alpha value is -1.84. The number of carboxylic acids is 1. The molecule has 0 aromatic heterocycles. The summed E-state index contributed by atoms with van der Waals surface area (Å²) in [6.45, 7) is 7.46. The fourth-order valence-electron chi connectivity index (χ4n) is 2.72. The number of amides is 1. The average molecular weight is 261 g/mol. The van der Waals surface area contributed by atoms with Crippen molar-refractivity contribution in [2.24, 2.45) is 11.3 Å². The molecule has 1 amide bonds. The third-order valence-electron chi connectivity index (χ3n) is 4.28. The van der Waals surface area contributed by atoms with Gasteiger partial charge in [0.05, 0.1) is 11.3 Å². The quantitative estimate of drug-likeness (QED) is 0.889. The number of para-hydroxylation sites is 1. The molecule has 0 unspecified atom stereocenters. The fourth-order valence-corrected chi connectivity index (χ4v) is 2.72. The van der Waals surface area contributed by atoms with Gasteiger partial charge < -0.3 is 10.0 Å². The minimum Gasteiger partial charge on any atom is -0.481 e. The molecule has 0 radical (unpaired) electrons. The number of carboxylic acid groups (broad SMARTS) is 1. The van der Waals surface area contributed by atoms with E-state index < -0.39 is 17.3 Å². The van der Waals surface area contributed by atoms with Crippen molar-refractivity contribution in [1.29, 1.82) is 0 Å². The molecule has 1 fully saturated rings. The number of aliphatic carboxylic acids is 1. The highest BCUT2D eigenvalue weighted by Crippen LogP contribution is 2.41. The zero-order valence-corrected chi connectivity index (χ0v) is 11.7. The van der Waals surface area contributed by atoms with Crippen LogP contribution in [0.3, 0.4) is 0 Å². The molecule has 0 bridgehead atoms. The molecule has 2 atom stereocenters. The molecule has 102 valence electrons. The van der Waals surface area contributed by atoms with Crippen molar-refractivity contribution in [1.82, 2.24) is 0 Å². The van der Waals surface area contributed by atoms with Crippen LogP contribution in [0.25, 0.3) is 0 Å². The number of carbonyl (C=O) groups excluding carboxylic acids is 1. The van der Waals surface area contributed by atoms with Crippen LogP contribution in [0.2, 0.25) is 0 Å². The molecule has 1 aliphatic rings. The molecule has 4 nitrogen and oxygen atoms in total. The van der Waals surface area contributed by atoms with Crippen LogP contribution in [0.4, 0.5) is 5.69 Å². The number of rotatable bonds is 2. The van der Waals surface area contributed by atoms with Crippen molar-refractivity contribution in [3.63, 3.8) is 0 Å². The Morgan fingerprint density at radius 3 is 2.32 bits per heavy atom. The predicted octanol–water partition coefficient (Wildman–Crippen LogP) is 2.38. The molecule has 1 aliphatic heterocycles. The Labute approximate surface area is 113 Å². The van der Waals surface area contributed by atoms with Crippen molar-refractivity contribution in [3.8, 4) is 0 Å². The summed E-state index contributed by atoms with van der Waals surface area (Å²) >= 11 is 0. The van der Waals surface area contributed by atoms with Gasteiger partial charge in [0, 0.05) is 12.2 Å². The van der Waals surface area contributed by atoms with Gasteiger partial charge in [0.2, 0.25) is 5.91 Å². The van der Waals surface area contributed by atoms with Gasteiger partial charge in [-0.05, 0) is 31.9 Å². The van der Waals surface area contributed by atoms with E-state index in [9.17, 15) is 14.7 Å². The van der Waals surface area contributed by atoms with E-state index in [1.165, 1.54) is 0 Å². The summed E-state index contributed by atoms with van der Waals surface area (Å²) in [4.78, 5) is 25.5. The van der Waals surface area contributed by atoms with Crippen LogP contribution < -0.4 is 4.90 Å². The second-order valence-corrected chi connectivity index (χ2v) is 5.61. The third-order valence-corrected chi connectivity index (χ3v) is 4.28. The summed E-state index contributed by atoms with van der Waals surface area (Å²) < 4.78 is 0. The van der Waals surface area contributed by atoms with Crippen molar-refractivity contribution in [2.75, 3.05) is 11.4 Å². The maximum Gasteiger partial charge on any atom is 0.311 e. The highest BCUT2D eigenvalue weighted by Gasteiger charge is 2.52. The van der Waals surface area contributed by atoms with Crippen LogP contribution in [-0.2, 0) is 9.59 Å². The summed E-state index contributed by atoms with van der Waals surface area (Å²) in [5.41, 5.74) is 1.82. The van der Waals surface area contributed by atoms with Crippen molar-refractivity contribution < 1.29 is 14.7 Å². The van der Waals surface area contributed by atoms with Crippen molar-refractivity contribution in [2.45, 2.75) is 27.7 Å². The second-order valence-electron chi connectivity index (χ2n) is 5.61. The lowest BCUT2D eigenvalue weighted by molar-refractivity contribution is -0.150. The lowest BCUT2D eigenvalue weighted by Gasteiger charge is -2.23. The molecule has 4 heteroatoms. The summed E-state index contributed by atoms with van der Waals surface area (Å²) in [5, 5.41) is 9.39. The Morgan fingerprint density at radius 2 is 1.89 bits per heavy atom. The van der Waals surface area contributed by atoms with Gasteiger partial charge in [-0.1, -0.05) is 25.1 Å². The van der Waals surface area contributed by atoms with Crippen molar-refractivity contribution in [3.05, 3.63) is 29.3 Å². The van der Waals surface area contributed by atoms with Gasteiger partial charge in [-0.3, -0.25) is 9.59 Å². The van der Waals surface area contributed by atoms with Gasteiger partial charge in [-0.25, -0.2) is 0 Å². The molecular weight excluding hydrogens is 242 g/mol. The molecule has 0 spiro atoms. The second kappa shape index (κ2) is 4.37. The molecule has 1 aromatic carbocycles. The number of benzene rings is 1. The topological polar surface area (TPSA) is 57.6 Å². The molecule has 0 aliphatic carbocycles. The first-order chi connectivity index (χ1) is 8.79. The van der Waals surface area contributed by atoms with Crippen LogP contribution in [-0.4, -0.2) is 23.5 Å². The number of carbonyl (C=O) groups is 2. The molecule has 1 saturated heterocycles. The van der Waals surface area contributed by atoms with Gasteiger partial charge in [-0.2, -0.15) is 0 Å². The van der Waals surface area contributed by atoms with Gasteiger partial charge in [-0.15, -0.1) is 0 Å². The Kier molecular flexibility index (Phi) is 3.12. The maximum atomic E-state index is 12.4. The van der Waals surface area contributed by atoms with E-state index in [0.717, 1.165) is 16.8 Å². The van der Waals surface area contributed by atoms with Crippen LogP contribution >= 0.6 is 0 Å². The number of anilines is 1. The molecule has 0 saturated carbocycles. The fraction of sp³-hybridized carbons (Fsp3) is 0.467. The van der Waals surface area contributed by atoms with E-state index in [0.29, 0.717) is 0 Å². The van der Waals surface area contributed by atoms with Crippen molar-refractivity contribution >= 4 is 17.6 Å². The van der Waals surface area contributed by atoms with E-state index in [4.69, 9.17) is 0 Å². The summed E-state index contributed by atoms with van der Waals surface area (Å²) in [6.07, 6.45) is 0. The molecule has 1 N–H and O–H groups in total. The van der Waals surface area contributed by atoms with E-state index in [2.05, 4.69) is 0 Å². The smallest absolute Gasteiger partial charge is 0.311 e. The highest BCUT2D eigenvalue weighted by atomic mass is 16.4. The zero-order chi connectivity index (χ0) is 14.4. The maximum absolute atomic E-state index is 12.4. The molecular formula is C15H19NO3. The van der Waals surface area contributed by atoms with Crippen LogP contribution in [0.1, 0.15) is 25.0 Å². The minimum atomic E-state index is -1.02. The SMILES string of the molecule is Cc1cccc(C)c1N1C[C@@](C)(C(=O)O)[C@@H](C)C1=O. The Morgan fingerprint density at radius 1 is 1.37 bits per heavy atom. The largest absolute Gasteiger partial charge is 0.481 e. The Bertz CT molecular complexity index is 532. The van der Waals surface area contributed by atoms with Crippen LogP contribution in [0.5, 0.6) is 0 Å². The van der Waals surface area contributed by atoms with Gasteiger partial charge in [0.15, 0.2) is 0 Å². The number of hydrogen-bond donors (Lipinski definition) is 1. The number of hydrogen-bond acceptors (Lipinski definition) is 2. The normalized spacial score (nSPS) is 26.8. The Balaban J connectivity index is 2.49. The van der Waals surface area contributed by atoms with Gasteiger partial charge in [0.1, 0.15) is 0 Å². The molecule has 2 rings (SSSR count). The number of aryl methyl sites for hydroxylation is 2. The monoisotopic (exact) mass is 261 g/mol. The molecule has 19 heavy (non-hydrogen) atoms. The van der Waals surface area contributed by atoms with Gasteiger partial charge >= 0.3 is 5.97 Å². The van der Waals surface area contributed by atoms with E-state index >= 15 is 0 Å². The first kappa shape index (κ1) is 13.6. The zero-order valence-electron chi connectivity index (χ0n) is 11.7. The minimum absolute atomic E-state index is 0.109. The van der Waals surface area contributed by atoms with Gasteiger partial charge in [0.25, 0.3) is 0 Å². The number of nitrogens with zero attached hydrogens (tertiary/aromatic N) is 1. The average Bonchev–Trinajstić information content (AvgIpc) is 2.55. The third kappa shape index (κ3) is 1.91. The highest BCUT2D eigenvalue weighted by molar-refractivity contribution is 6.03. The molecule has 1 aromatic rings. The first-order valence-corrected chi connectivity index (χ1v) is 6.40. The summed E-state index contributed by atoms with van der Waals surface area (Å²) in [6, 6.07) is 5.82. The first-order valence-electron chi connectivity index (χ1n) is 6.40. The lowest BCUT2D eigenvalue weighted by Crippen LogP contribution is -2.35. The summed E-state index contributed by atoms with van der Waals surface area (Å²) in [7, 11) is 0. The van der Waals surface area contributed by atoms with Crippen LogP contribution in [0, 0.1) is 25.2 Å². The lowest BCUT2D eigenvalue weighted by atomic mass is 9.81. The summed E-state index contributed by atoms with van der Waals surface area (Å²) in [5.74, 6) is -1.53. The van der Waals surface area contributed by atoms with Crippen LogP contribution in [0.15, 0.2) is 18.2 Å².